The first kappa shape index (κ1) is 21.3. The van der Waals surface area contributed by atoms with Crippen molar-refractivity contribution in [3.05, 3.63) is 40.3 Å². The minimum absolute atomic E-state index is 0.111. The Balaban J connectivity index is 2.26. The second kappa shape index (κ2) is 9.82. The molecular weight excluding hydrogens is 388 g/mol. The average Bonchev–Trinajstić information content (AvgIpc) is 3.15. The standard InChI is InChI=1S/C18H24N2O5S2/c1-4-5-6-11-20(12-17-19-16(13-26-17)18(21)25-3)27(22,23)15-9-7-14(24-2)8-10-15/h7-10,13H,4-6,11-12H2,1-3H3. The summed E-state index contributed by atoms with van der Waals surface area (Å²) >= 11 is 1.24. The van der Waals surface area contributed by atoms with Crippen LogP contribution in [0.5, 0.6) is 5.75 Å². The number of nitrogens with zero attached hydrogens (tertiary/aromatic N) is 2. The van der Waals surface area contributed by atoms with Crippen molar-refractivity contribution in [1.29, 1.82) is 0 Å². The van der Waals surface area contributed by atoms with Crippen LogP contribution in [-0.2, 0) is 21.3 Å². The van der Waals surface area contributed by atoms with Gasteiger partial charge < -0.3 is 9.47 Å². The smallest absolute Gasteiger partial charge is 0.357 e. The van der Waals surface area contributed by atoms with E-state index in [-0.39, 0.29) is 17.1 Å². The first-order chi connectivity index (χ1) is 12.9. The number of carbonyl (C=O) groups is 1. The Kier molecular flexibility index (Phi) is 7.76. The van der Waals surface area contributed by atoms with Crippen LogP contribution >= 0.6 is 11.3 Å². The highest BCUT2D eigenvalue weighted by atomic mass is 32.2. The number of esters is 1. The minimum Gasteiger partial charge on any atom is -0.497 e. The zero-order valence-corrected chi connectivity index (χ0v) is 17.3. The summed E-state index contributed by atoms with van der Waals surface area (Å²) in [7, 11) is -0.879. The molecule has 0 spiro atoms. The monoisotopic (exact) mass is 412 g/mol. The van der Waals surface area contributed by atoms with E-state index < -0.39 is 16.0 Å². The van der Waals surface area contributed by atoms with Gasteiger partial charge in [-0.2, -0.15) is 4.31 Å². The molecule has 1 heterocycles. The molecule has 0 saturated heterocycles. The summed E-state index contributed by atoms with van der Waals surface area (Å²) < 4.78 is 37.3. The van der Waals surface area contributed by atoms with Gasteiger partial charge in [-0.05, 0) is 30.7 Å². The van der Waals surface area contributed by atoms with Crippen molar-refractivity contribution < 1.29 is 22.7 Å². The van der Waals surface area contributed by atoms with Gasteiger partial charge >= 0.3 is 5.97 Å². The molecule has 2 aromatic rings. The predicted molar refractivity (Wildman–Crippen MR) is 104 cm³/mol. The van der Waals surface area contributed by atoms with Crippen molar-refractivity contribution in [1.82, 2.24) is 9.29 Å². The van der Waals surface area contributed by atoms with Crippen LogP contribution in [0.25, 0.3) is 0 Å². The van der Waals surface area contributed by atoms with Gasteiger partial charge in [-0.3, -0.25) is 0 Å². The SMILES string of the molecule is CCCCCN(Cc1nc(C(=O)OC)cs1)S(=O)(=O)c1ccc(OC)cc1. The van der Waals surface area contributed by atoms with E-state index >= 15 is 0 Å². The van der Waals surface area contributed by atoms with E-state index in [0.717, 1.165) is 19.3 Å². The number of ether oxygens (including phenoxy) is 2. The maximum Gasteiger partial charge on any atom is 0.357 e. The van der Waals surface area contributed by atoms with E-state index in [9.17, 15) is 13.2 Å². The average molecular weight is 413 g/mol. The Hall–Kier alpha value is -1.97. The highest BCUT2D eigenvalue weighted by Gasteiger charge is 2.26. The van der Waals surface area contributed by atoms with Crippen LogP contribution in [-0.4, -0.2) is 44.4 Å². The summed E-state index contributed by atoms with van der Waals surface area (Å²) in [6, 6.07) is 6.30. The van der Waals surface area contributed by atoms with Gasteiger partial charge in [-0.1, -0.05) is 19.8 Å². The molecule has 0 bridgehead atoms. The molecule has 0 radical (unpaired) electrons. The number of hydrogen-bond donors (Lipinski definition) is 0. The van der Waals surface area contributed by atoms with Crippen LogP contribution in [0.4, 0.5) is 0 Å². The maximum absolute atomic E-state index is 13.1. The predicted octanol–water partition coefficient (Wildman–Crippen LogP) is 3.32. The number of unbranched alkanes of at least 4 members (excludes halogenated alkanes) is 2. The Morgan fingerprint density at radius 3 is 2.48 bits per heavy atom. The number of hydrogen-bond acceptors (Lipinski definition) is 7. The molecule has 9 heteroatoms. The fraction of sp³-hybridized carbons (Fsp3) is 0.444. The molecule has 0 saturated carbocycles. The number of aromatic nitrogens is 1. The number of thiazole rings is 1. The van der Waals surface area contributed by atoms with E-state index in [1.165, 1.54) is 42.0 Å². The van der Waals surface area contributed by atoms with Gasteiger partial charge in [0.15, 0.2) is 5.69 Å². The lowest BCUT2D eigenvalue weighted by atomic mass is 10.2. The zero-order valence-electron chi connectivity index (χ0n) is 15.7. The molecule has 7 nitrogen and oxygen atoms in total. The van der Waals surface area contributed by atoms with Crippen LogP contribution in [0.15, 0.2) is 34.5 Å². The first-order valence-corrected chi connectivity index (χ1v) is 10.9. The lowest BCUT2D eigenvalue weighted by molar-refractivity contribution is 0.0594. The van der Waals surface area contributed by atoms with Gasteiger partial charge in [0.1, 0.15) is 10.8 Å². The second-order valence-electron chi connectivity index (χ2n) is 5.84. The van der Waals surface area contributed by atoms with Gasteiger partial charge in [0.25, 0.3) is 0 Å². The van der Waals surface area contributed by atoms with E-state index in [2.05, 4.69) is 16.6 Å². The number of carbonyl (C=O) groups excluding carboxylic acids is 1. The van der Waals surface area contributed by atoms with Crippen molar-refractivity contribution in [3.63, 3.8) is 0 Å². The Bertz CT molecular complexity index is 847. The number of benzene rings is 1. The highest BCUT2D eigenvalue weighted by molar-refractivity contribution is 7.89. The molecular formula is C18H24N2O5S2. The molecule has 1 aromatic heterocycles. The zero-order chi connectivity index (χ0) is 19.9. The van der Waals surface area contributed by atoms with E-state index in [0.29, 0.717) is 17.3 Å². The molecule has 0 aliphatic heterocycles. The van der Waals surface area contributed by atoms with Crippen LogP contribution in [0.1, 0.15) is 41.7 Å². The summed E-state index contributed by atoms with van der Waals surface area (Å²) in [4.78, 5) is 16.0. The fourth-order valence-corrected chi connectivity index (χ4v) is 4.75. The minimum atomic E-state index is -3.69. The number of methoxy groups -OCH3 is 2. The molecule has 0 aliphatic rings. The highest BCUT2D eigenvalue weighted by Crippen LogP contribution is 2.23. The van der Waals surface area contributed by atoms with Crippen molar-refractivity contribution in [2.45, 2.75) is 37.6 Å². The summed E-state index contributed by atoms with van der Waals surface area (Å²) in [6.07, 6.45) is 2.67. The lowest BCUT2D eigenvalue weighted by Gasteiger charge is -2.21. The Morgan fingerprint density at radius 2 is 1.89 bits per heavy atom. The molecule has 0 N–H and O–H groups in total. The third kappa shape index (κ3) is 5.50. The van der Waals surface area contributed by atoms with E-state index in [1.54, 1.807) is 17.5 Å². The van der Waals surface area contributed by atoms with Crippen molar-refractivity contribution in [2.24, 2.45) is 0 Å². The quantitative estimate of drug-likeness (QED) is 0.440. The van der Waals surface area contributed by atoms with Gasteiger partial charge in [-0.25, -0.2) is 18.2 Å². The summed E-state index contributed by atoms with van der Waals surface area (Å²) in [6.45, 7) is 2.56. The van der Waals surface area contributed by atoms with Crippen molar-refractivity contribution >= 4 is 27.3 Å². The van der Waals surface area contributed by atoms with Gasteiger partial charge in [-0.15, -0.1) is 11.3 Å². The molecule has 2 rings (SSSR count). The van der Waals surface area contributed by atoms with E-state index in [1.807, 2.05) is 0 Å². The summed E-state index contributed by atoms with van der Waals surface area (Å²) in [5, 5.41) is 2.12. The van der Waals surface area contributed by atoms with Gasteiger partial charge in [0.05, 0.1) is 25.7 Å². The molecule has 27 heavy (non-hydrogen) atoms. The number of rotatable bonds is 10. The van der Waals surface area contributed by atoms with Crippen molar-refractivity contribution in [3.8, 4) is 5.75 Å². The summed E-state index contributed by atoms with van der Waals surface area (Å²) in [5.41, 5.74) is 0.188. The topological polar surface area (TPSA) is 85.8 Å². The largest absolute Gasteiger partial charge is 0.497 e. The molecule has 0 amide bonds. The first-order valence-electron chi connectivity index (χ1n) is 8.59. The van der Waals surface area contributed by atoms with E-state index in [4.69, 9.17) is 4.74 Å². The molecule has 1 aromatic carbocycles. The van der Waals surface area contributed by atoms with Crippen LogP contribution < -0.4 is 4.74 Å². The molecule has 0 unspecified atom stereocenters. The maximum atomic E-state index is 13.1. The summed E-state index contributed by atoms with van der Waals surface area (Å²) in [5.74, 6) is 0.0576. The van der Waals surface area contributed by atoms with Crippen LogP contribution in [0.3, 0.4) is 0 Å². The second-order valence-corrected chi connectivity index (χ2v) is 8.72. The molecule has 148 valence electrons. The third-order valence-electron chi connectivity index (χ3n) is 3.97. The third-order valence-corrected chi connectivity index (χ3v) is 6.66. The van der Waals surface area contributed by atoms with Crippen LogP contribution in [0, 0.1) is 0 Å². The molecule has 0 atom stereocenters. The molecule has 0 aliphatic carbocycles. The Morgan fingerprint density at radius 1 is 1.19 bits per heavy atom. The molecule has 0 fully saturated rings. The fourth-order valence-electron chi connectivity index (χ4n) is 2.45. The normalized spacial score (nSPS) is 11.6. The lowest BCUT2D eigenvalue weighted by Crippen LogP contribution is -2.31. The van der Waals surface area contributed by atoms with Gasteiger partial charge in [0.2, 0.25) is 10.0 Å². The van der Waals surface area contributed by atoms with Crippen molar-refractivity contribution in [2.75, 3.05) is 20.8 Å². The van der Waals surface area contributed by atoms with Gasteiger partial charge in [0, 0.05) is 11.9 Å². The number of sulfonamides is 1. The van der Waals surface area contributed by atoms with Crippen LogP contribution in [0.2, 0.25) is 0 Å². The Labute approximate surface area is 164 Å².